The van der Waals surface area contributed by atoms with Crippen LogP contribution >= 0.6 is 0 Å². The molecule has 16 heavy (non-hydrogen) atoms. The minimum Gasteiger partial charge on any atom is -0.311 e. The molecule has 0 amide bonds. The van der Waals surface area contributed by atoms with Gasteiger partial charge in [0.25, 0.3) is 0 Å². The smallest absolute Gasteiger partial charge is 0.125 e. The molecule has 1 fully saturated rings. The van der Waals surface area contributed by atoms with Gasteiger partial charge in [0.15, 0.2) is 0 Å². The predicted octanol–water partition coefficient (Wildman–Crippen LogP) is 0.826. The van der Waals surface area contributed by atoms with Gasteiger partial charge in [-0.05, 0) is 45.5 Å². The summed E-state index contributed by atoms with van der Waals surface area (Å²) in [5.41, 5.74) is 1.08. The molecule has 1 aliphatic heterocycles. The zero-order valence-electron chi connectivity index (χ0n) is 10.1. The highest BCUT2D eigenvalue weighted by Crippen LogP contribution is 2.12. The molecule has 1 atom stereocenters. The first kappa shape index (κ1) is 11.5. The fourth-order valence-corrected chi connectivity index (χ4v) is 2.20. The Balaban J connectivity index is 1.72. The van der Waals surface area contributed by atoms with Gasteiger partial charge >= 0.3 is 0 Å². The molecule has 2 heterocycles. The van der Waals surface area contributed by atoms with E-state index < -0.39 is 0 Å². The molecule has 0 bridgehead atoms. The van der Waals surface area contributed by atoms with Crippen LogP contribution < -0.4 is 5.32 Å². The maximum atomic E-state index is 4.37. The Kier molecular flexibility index (Phi) is 3.85. The molecule has 1 saturated heterocycles. The van der Waals surface area contributed by atoms with Crippen molar-refractivity contribution in [2.45, 2.75) is 19.9 Å². The fourth-order valence-electron chi connectivity index (χ4n) is 2.20. The van der Waals surface area contributed by atoms with Crippen LogP contribution in [0.3, 0.4) is 0 Å². The Hall–Kier alpha value is -1.00. The second-order valence-electron chi connectivity index (χ2n) is 4.64. The van der Waals surface area contributed by atoms with E-state index in [4.69, 9.17) is 0 Å². The van der Waals surface area contributed by atoms with E-state index in [9.17, 15) is 0 Å². The summed E-state index contributed by atoms with van der Waals surface area (Å²) in [6.45, 7) is 6.32. The zero-order valence-corrected chi connectivity index (χ0v) is 10.1. The maximum Gasteiger partial charge on any atom is 0.125 e. The van der Waals surface area contributed by atoms with Crippen LogP contribution in [0.1, 0.15) is 17.9 Å². The summed E-state index contributed by atoms with van der Waals surface area (Å²) in [5.74, 6) is 1.65. The Morgan fingerprint density at radius 2 is 2.44 bits per heavy atom. The number of hydrogen-bond acceptors (Lipinski definition) is 4. The third-order valence-electron chi connectivity index (χ3n) is 3.06. The molecular formula is C12H20N4. The van der Waals surface area contributed by atoms with E-state index in [1.165, 1.54) is 19.5 Å². The monoisotopic (exact) mass is 220 g/mol. The van der Waals surface area contributed by atoms with Crippen molar-refractivity contribution < 1.29 is 0 Å². The summed E-state index contributed by atoms with van der Waals surface area (Å²) >= 11 is 0. The van der Waals surface area contributed by atoms with Crippen LogP contribution in [0.2, 0.25) is 0 Å². The average molecular weight is 220 g/mol. The molecule has 4 heteroatoms. The summed E-state index contributed by atoms with van der Waals surface area (Å²) in [6, 6.07) is 1.97. The third kappa shape index (κ3) is 3.25. The lowest BCUT2D eigenvalue weighted by Crippen LogP contribution is -2.25. The Labute approximate surface area is 97.1 Å². The summed E-state index contributed by atoms with van der Waals surface area (Å²) in [4.78, 5) is 10.8. The average Bonchev–Trinajstić information content (AvgIpc) is 2.64. The molecule has 0 aliphatic carbocycles. The first-order chi connectivity index (χ1) is 7.74. The van der Waals surface area contributed by atoms with Crippen LogP contribution in [0, 0.1) is 12.8 Å². The molecule has 2 rings (SSSR count). The lowest BCUT2D eigenvalue weighted by molar-refractivity contribution is 0.388. The van der Waals surface area contributed by atoms with Crippen molar-refractivity contribution in [2.24, 2.45) is 5.92 Å². The highest BCUT2D eigenvalue weighted by atomic mass is 15.1. The summed E-state index contributed by atoms with van der Waals surface area (Å²) in [5, 5.41) is 3.47. The van der Waals surface area contributed by atoms with Crippen LogP contribution in [0.15, 0.2) is 12.3 Å². The molecule has 88 valence electrons. The fraction of sp³-hybridized carbons (Fsp3) is 0.667. The SMILES string of the molecule is Cc1nccc(CNCC2CCN(C)C2)n1. The summed E-state index contributed by atoms with van der Waals surface area (Å²) in [7, 11) is 2.19. The second-order valence-corrected chi connectivity index (χ2v) is 4.64. The van der Waals surface area contributed by atoms with E-state index in [2.05, 4.69) is 27.2 Å². The molecule has 1 aromatic rings. The van der Waals surface area contributed by atoms with E-state index in [0.717, 1.165) is 30.5 Å². The number of nitrogens with zero attached hydrogens (tertiary/aromatic N) is 3. The van der Waals surface area contributed by atoms with Crippen molar-refractivity contribution in [3.05, 3.63) is 23.8 Å². The quantitative estimate of drug-likeness (QED) is 0.816. The zero-order chi connectivity index (χ0) is 11.4. The number of nitrogens with one attached hydrogen (secondary N) is 1. The van der Waals surface area contributed by atoms with Crippen molar-refractivity contribution in [2.75, 3.05) is 26.7 Å². The van der Waals surface area contributed by atoms with Gasteiger partial charge < -0.3 is 10.2 Å². The number of hydrogen-bond donors (Lipinski definition) is 1. The van der Waals surface area contributed by atoms with Crippen molar-refractivity contribution in [3.63, 3.8) is 0 Å². The van der Waals surface area contributed by atoms with Gasteiger partial charge in [0.05, 0.1) is 5.69 Å². The number of likely N-dealkylation sites (tertiary alicyclic amines) is 1. The molecular weight excluding hydrogens is 200 g/mol. The molecule has 1 N–H and O–H groups in total. The van der Waals surface area contributed by atoms with Gasteiger partial charge in [0.2, 0.25) is 0 Å². The van der Waals surface area contributed by atoms with Gasteiger partial charge in [-0.2, -0.15) is 0 Å². The third-order valence-corrected chi connectivity index (χ3v) is 3.06. The van der Waals surface area contributed by atoms with E-state index in [1.807, 2.05) is 19.2 Å². The minimum atomic E-state index is 0.799. The first-order valence-corrected chi connectivity index (χ1v) is 5.92. The predicted molar refractivity (Wildman–Crippen MR) is 64.1 cm³/mol. The molecule has 0 aromatic carbocycles. The van der Waals surface area contributed by atoms with Crippen LogP contribution in [0.5, 0.6) is 0 Å². The normalized spacial score (nSPS) is 21.5. The van der Waals surface area contributed by atoms with Gasteiger partial charge in [-0.3, -0.25) is 0 Å². The lowest BCUT2D eigenvalue weighted by atomic mass is 10.1. The standard InChI is InChI=1S/C12H20N4/c1-10-14-5-3-12(15-10)8-13-7-11-4-6-16(2)9-11/h3,5,11,13H,4,6-9H2,1-2H3. The molecule has 4 nitrogen and oxygen atoms in total. The van der Waals surface area contributed by atoms with Crippen molar-refractivity contribution >= 4 is 0 Å². The van der Waals surface area contributed by atoms with Crippen LogP contribution in [0.4, 0.5) is 0 Å². The summed E-state index contributed by atoms with van der Waals surface area (Å²) in [6.07, 6.45) is 3.13. The van der Waals surface area contributed by atoms with Crippen LogP contribution in [0.25, 0.3) is 0 Å². The van der Waals surface area contributed by atoms with Crippen molar-refractivity contribution in [1.29, 1.82) is 0 Å². The van der Waals surface area contributed by atoms with Gasteiger partial charge in [-0.1, -0.05) is 0 Å². The second kappa shape index (κ2) is 5.37. The van der Waals surface area contributed by atoms with Gasteiger partial charge in [0.1, 0.15) is 5.82 Å². The first-order valence-electron chi connectivity index (χ1n) is 5.92. The van der Waals surface area contributed by atoms with E-state index in [0.29, 0.717) is 0 Å². The van der Waals surface area contributed by atoms with E-state index in [-0.39, 0.29) is 0 Å². The number of rotatable bonds is 4. The summed E-state index contributed by atoms with van der Waals surface area (Å²) < 4.78 is 0. The van der Waals surface area contributed by atoms with Crippen molar-refractivity contribution in [1.82, 2.24) is 20.2 Å². The Morgan fingerprint density at radius 1 is 1.56 bits per heavy atom. The molecule has 1 aromatic heterocycles. The molecule has 0 saturated carbocycles. The number of aromatic nitrogens is 2. The highest BCUT2D eigenvalue weighted by Gasteiger charge is 2.18. The largest absolute Gasteiger partial charge is 0.311 e. The Bertz CT molecular complexity index is 340. The highest BCUT2D eigenvalue weighted by molar-refractivity contribution is 5.01. The Morgan fingerprint density at radius 3 is 3.12 bits per heavy atom. The van der Waals surface area contributed by atoms with Gasteiger partial charge in [-0.15, -0.1) is 0 Å². The van der Waals surface area contributed by atoms with Gasteiger partial charge in [0, 0.05) is 19.3 Å². The van der Waals surface area contributed by atoms with E-state index in [1.54, 1.807) is 0 Å². The van der Waals surface area contributed by atoms with Gasteiger partial charge in [-0.25, -0.2) is 9.97 Å². The van der Waals surface area contributed by atoms with E-state index >= 15 is 0 Å². The lowest BCUT2D eigenvalue weighted by Gasteiger charge is -2.11. The van der Waals surface area contributed by atoms with Crippen LogP contribution in [-0.4, -0.2) is 41.5 Å². The molecule has 1 unspecified atom stereocenters. The molecule has 0 spiro atoms. The maximum absolute atomic E-state index is 4.37. The molecule has 0 radical (unpaired) electrons. The number of aryl methyl sites for hydroxylation is 1. The van der Waals surface area contributed by atoms with Crippen LogP contribution in [-0.2, 0) is 6.54 Å². The van der Waals surface area contributed by atoms with Crippen molar-refractivity contribution in [3.8, 4) is 0 Å². The topological polar surface area (TPSA) is 41.1 Å². The minimum absolute atomic E-state index is 0.799. The molecule has 1 aliphatic rings.